The van der Waals surface area contributed by atoms with Crippen LogP contribution >= 0.6 is 38.5 Å². The van der Waals surface area contributed by atoms with Crippen molar-refractivity contribution in [2.75, 3.05) is 6.61 Å². The molecule has 1 aliphatic heterocycles. The van der Waals surface area contributed by atoms with Gasteiger partial charge in [0.25, 0.3) is 0 Å². The molecule has 0 aliphatic carbocycles. The quantitative estimate of drug-likeness (QED) is 0.534. The summed E-state index contributed by atoms with van der Waals surface area (Å²) in [5, 5.41) is 0. The summed E-state index contributed by atoms with van der Waals surface area (Å²) >= 11 is 5.73. The van der Waals surface area contributed by atoms with E-state index in [9.17, 15) is 0 Å². The molecule has 0 aromatic carbocycles. The fourth-order valence-corrected chi connectivity index (χ4v) is 1.68. The second-order valence-electron chi connectivity index (χ2n) is 2.01. The van der Waals surface area contributed by atoms with Crippen LogP contribution < -0.4 is 0 Å². The van der Waals surface area contributed by atoms with Crippen molar-refractivity contribution < 1.29 is 4.74 Å². The lowest BCUT2D eigenvalue weighted by Crippen LogP contribution is -2.01. The molecule has 1 unspecified atom stereocenters. The minimum atomic E-state index is 0.194. The first kappa shape index (κ1) is 8.74. The maximum absolute atomic E-state index is 5.40. The van der Waals surface area contributed by atoms with E-state index < -0.39 is 0 Å². The second-order valence-corrected chi connectivity index (χ2v) is 4.13. The van der Waals surface area contributed by atoms with E-state index in [2.05, 4.69) is 44.6 Å². The van der Waals surface area contributed by atoms with Crippen molar-refractivity contribution in [2.24, 2.45) is 0 Å². The van der Waals surface area contributed by atoms with Crippen molar-refractivity contribution in [3.05, 3.63) is 20.2 Å². The number of rotatable bonds is 1. The maximum atomic E-state index is 5.40. The zero-order valence-electron chi connectivity index (χ0n) is 5.60. The summed E-state index contributed by atoms with van der Waals surface area (Å²) in [6.07, 6.45) is 4.25. The van der Waals surface area contributed by atoms with Gasteiger partial charge in [0.1, 0.15) is 6.10 Å². The van der Waals surface area contributed by atoms with E-state index in [-0.39, 0.29) is 6.10 Å². The van der Waals surface area contributed by atoms with Gasteiger partial charge in [-0.25, -0.2) is 0 Å². The van der Waals surface area contributed by atoms with E-state index >= 15 is 0 Å². The summed E-state index contributed by atoms with van der Waals surface area (Å²) in [4.78, 5) is 0. The molecule has 0 saturated heterocycles. The first-order chi connectivity index (χ1) is 4.75. The Bertz CT molecular complexity index is 186. The van der Waals surface area contributed by atoms with Crippen LogP contribution in [0.2, 0.25) is 0 Å². The molecule has 0 aromatic rings. The lowest BCUT2D eigenvalue weighted by molar-refractivity contribution is 0.160. The van der Waals surface area contributed by atoms with Gasteiger partial charge >= 0.3 is 0 Å². The summed E-state index contributed by atoms with van der Waals surface area (Å²) in [7, 11) is 0. The van der Waals surface area contributed by atoms with Gasteiger partial charge in [-0.3, -0.25) is 0 Å². The highest BCUT2D eigenvalue weighted by atomic mass is 127. The fourth-order valence-electron chi connectivity index (χ4n) is 0.774. The van der Waals surface area contributed by atoms with Crippen LogP contribution in [-0.2, 0) is 4.74 Å². The van der Waals surface area contributed by atoms with E-state index in [0.717, 1.165) is 0 Å². The standard InChI is InChI=1S/C7H8BrIO/c1-2-3-6-7(9)5(8)4-10-6/h2-3,6H,4H2,1H3/b3-2+. The lowest BCUT2D eigenvalue weighted by Gasteiger charge is -2.02. The lowest BCUT2D eigenvalue weighted by atomic mass is 10.3. The largest absolute Gasteiger partial charge is 0.364 e. The normalized spacial score (nSPS) is 26.9. The average Bonchev–Trinajstić information content (AvgIpc) is 2.20. The summed E-state index contributed by atoms with van der Waals surface area (Å²) < 4.78 is 7.84. The van der Waals surface area contributed by atoms with Gasteiger partial charge in [-0.1, -0.05) is 28.1 Å². The molecule has 56 valence electrons. The summed E-state index contributed by atoms with van der Waals surface area (Å²) in [6.45, 7) is 2.72. The molecule has 1 nitrogen and oxygen atoms in total. The third-order valence-electron chi connectivity index (χ3n) is 1.27. The van der Waals surface area contributed by atoms with E-state index in [1.807, 2.05) is 13.0 Å². The summed E-state index contributed by atoms with van der Waals surface area (Å²) in [6, 6.07) is 0. The van der Waals surface area contributed by atoms with Crippen LogP contribution in [-0.4, -0.2) is 12.7 Å². The Balaban J connectivity index is 2.67. The van der Waals surface area contributed by atoms with Gasteiger partial charge in [0, 0.05) is 8.06 Å². The smallest absolute Gasteiger partial charge is 0.108 e. The zero-order valence-corrected chi connectivity index (χ0v) is 9.35. The van der Waals surface area contributed by atoms with Gasteiger partial charge in [0.05, 0.1) is 6.61 Å². The SMILES string of the molecule is C/C=C/C1OCC(Br)=C1I. The Kier molecular flexibility index (Phi) is 3.39. The molecule has 1 aliphatic rings. The Morgan fingerprint density at radius 1 is 1.80 bits per heavy atom. The molecule has 10 heavy (non-hydrogen) atoms. The molecule has 0 saturated carbocycles. The molecular formula is C7H8BrIO. The monoisotopic (exact) mass is 314 g/mol. The number of hydrogen-bond acceptors (Lipinski definition) is 1. The first-order valence-corrected chi connectivity index (χ1v) is 4.91. The highest BCUT2D eigenvalue weighted by molar-refractivity contribution is 14.1. The van der Waals surface area contributed by atoms with Crippen molar-refractivity contribution in [3.63, 3.8) is 0 Å². The van der Waals surface area contributed by atoms with Crippen molar-refractivity contribution in [1.29, 1.82) is 0 Å². The molecule has 0 N–H and O–H groups in total. The molecule has 0 bridgehead atoms. The van der Waals surface area contributed by atoms with E-state index in [1.54, 1.807) is 0 Å². The molecule has 0 fully saturated rings. The molecule has 0 aromatic heterocycles. The fraction of sp³-hybridized carbons (Fsp3) is 0.429. The van der Waals surface area contributed by atoms with Crippen LogP contribution in [0.15, 0.2) is 20.2 Å². The minimum absolute atomic E-state index is 0.194. The highest BCUT2D eigenvalue weighted by Gasteiger charge is 2.19. The van der Waals surface area contributed by atoms with E-state index in [4.69, 9.17) is 4.74 Å². The van der Waals surface area contributed by atoms with Crippen LogP contribution in [0, 0.1) is 0 Å². The van der Waals surface area contributed by atoms with Crippen LogP contribution in [0.1, 0.15) is 6.92 Å². The third-order valence-corrected chi connectivity index (χ3v) is 3.93. The Morgan fingerprint density at radius 3 is 2.90 bits per heavy atom. The van der Waals surface area contributed by atoms with Crippen molar-refractivity contribution in [1.82, 2.24) is 0 Å². The molecule has 0 radical (unpaired) electrons. The zero-order chi connectivity index (χ0) is 7.56. The predicted octanol–water partition coefficient (Wildman–Crippen LogP) is 3.00. The number of hydrogen-bond donors (Lipinski definition) is 0. The van der Waals surface area contributed by atoms with Gasteiger partial charge in [-0.05, 0) is 29.5 Å². The van der Waals surface area contributed by atoms with E-state index in [0.29, 0.717) is 6.61 Å². The Labute approximate surface area is 82.8 Å². The van der Waals surface area contributed by atoms with Crippen LogP contribution in [0.5, 0.6) is 0 Å². The molecule has 0 amide bonds. The molecule has 1 heterocycles. The van der Waals surface area contributed by atoms with Crippen molar-refractivity contribution >= 4 is 38.5 Å². The highest BCUT2D eigenvalue weighted by Crippen LogP contribution is 2.31. The maximum Gasteiger partial charge on any atom is 0.108 e. The predicted molar refractivity (Wildman–Crippen MR) is 54.5 cm³/mol. The van der Waals surface area contributed by atoms with Crippen LogP contribution in [0.3, 0.4) is 0 Å². The molecule has 0 spiro atoms. The van der Waals surface area contributed by atoms with Gasteiger partial charge in [0.15, 0.2) is 0 Å². The summed E-state index contributed by atoms with van der Waals surface area (Å²) in [5.74, 6) is 0. The number of halogens is 2. The topological polar surface area (TPSA) is 9.23 Å². The first-order valence-electron chi connectivity index (χ1n) is 3.04. The van der Waals surface area contributed by atoms with E-state index in [1.165, 1.54) is 8.06 Å². The Hall–Kier alpha value is 0.650. The average molecular weight is 315 g/mol. The number of ether oxygens (including phenoxy) is 1. The summed E-state index contributed by atoms with van der Waals surface area (Å²) in [5.41, 5.74) is 0. The van der Waals surface area contributed by atoms with Gasteiger partial charge in [0.2, 0.25) is 0 Å². The number of allylic oxidation sites excluding steroid dienone is 1. The van der Waals surface area contributed by atoms with Gasteiger partial charge in [-0.2, -0.15) is 0 Å². The molecule has 1 atom stereocenters. The second kappa shape index (κ2) is 3.88. The molecular weight excluding hydrogens is 307 g/mol. The van der Waals surface area contributed by atoms with Crippen molar-refractivity contribution in [3.8, 4) is 0 Å². The van der Waals surface area contributed by atoms with Crippen molar-refractivity contribution in [2.45, 2.75) is 13.0 Å². The van der Waals surface area contributed by atoms with Gasteiger partial charge < -0.3 is 4.74 Å². The third kappa shape index (κ3) is 1.83. The minimum Gasteiger partial charge on any atom is -0.364 e. The van der Waals surface area contributed by atoms with Crippen LogP contribution in [0.4, 0.5) is 0 Å². The van der Waals surface area contributed by atoms with Gasteiger partial charge in [-0.15, -0.1) is 0 Å². The Morgan fingerprint density at radius 2 is 2.50 bits per heavy atom. The molecule has 1 rings (SSSR count). The van der Waals surface area contributed by atoms with Crippen LogP contribution in [0.25, 0.3) is 0 Å². The molecule has 3 heteroatoms.